The normalized spacial score (nSPS) is 11.2. The molecule has 1 aromatic carbocycles. The molecule has 6 heteroatoms. The summed E-state index contributed by atoms with van der Waals surface area (Å²) >= 11 is 0. The zero-order valence-electron chi connectivity index (χ0n) is 13.7. The van der Waals surface area contributed by atoms with E-state index in [0.717, 1.165) is 5.56 Å². The fraction of sp³-hybridized carbons (Fsp3) is 0.278. The van der Waals surface area contributed by atoms with Crippen LogP contribution < -0.4 is 14.8 Å². The SMILES string of the molecule is COc1cccc([C@@H](C#N)NC(=O)CCc2ccncc2)c1OC. The van der Waals surface area contributed by atoms with E-state index >= 15 is 0 Å². The molecule has 24 heavy (non-hydrogen) atoms. The van der Waals surface area contributed by atoms with Crippen molar-refractivity contribution >= 4 is 5.91 Å². The number of ether oxygens (including phenoxy) is 2. The van der Waals surface area contributed by atoms with Gasteiger partial charge in [-0.05, 0) is 30.2 Å². The summed E-state index contributed by atoms with van der Waals surface area (Å²) in [4.78, 5) is 16.1. The number of carbonyl (C=O) groups excluding carboxylic acids is 1. The predicted octanol–water partition coefficient (Wildman–Crippen LogP) is 2.41. The first-order chi connectivity index (χ1) is 11.7. The number of nitrogens with zero attached hydrogens (tertiary/aromatic N) is 2. The number of methoxy groups -OCH3 is 2. The molecule has 0 aliphatic heterocycles. The molecule has 0 unspecified atom stereocenters. The smallest absolute Gasteiger partial charge is 0.221 e. The lowest BCUT2D eigenvalue weighted by Gasteiger charge is -2.17. The minimum Gasteiger partial charge on any atom is -0.493 e. The maximum absolute atomic E-state index is 12.2. The number of benzene rings is 1. The Balaban J connectivity index is 2.07. The number of pyridine rings is 1. The van der Waals surface area contributed by atoms with Gasteiger partial charge >= 0.3 is 0 Å². The van der Waals surface area contributed by atoms with E-state index in [1.165, 1.54) is 14.2 Å². The van der Waals surface area contributed by atoms with Gasteiger partial charge in [0.15, 0.2) is 11.5 Å². The fourth-order valence-electron chi connectivity index (χ4n) is 2.36. The summed E-state index contributed by atoms with van der Waals surface area (Å²) in [5.41, 5.74) is 1.59. The van der Waals surface area contributed by atoms with Crippen molar-refractivity contribution in [2.75, 3.05) is 14.2 Å². The second kappa shape index (κ2) is 8.53. The Morgan fingerprint density at radius 2 is 2.00 bits per heavy atom. The van der Waals surface area contributed by atoms with Gasteiger partial charge in [-0.15, -0.1) is 0 Å². The largest absolute Gasteiger partial charge is 0.493 e. The highest BCUT2D eigenvalue weighted by atomic mass is 16.5. The zero-order valence-corrected chi connectivity index (χ0v) is 13.7. The van der Waals surface area contributed by atoms with Crippen LogP contribution in [-0.4, -0.2) is 25.1 Å². The number of aryl methyl sites for hydroxylation is 1. The highest BCUT2D eigenvalue weighted by molar-refractivity contribution is 5.77. The lowest BCUT2D eigenvalue weighted by atomic mass is 10.1. The first-order valence-electron chi connectivity index (χ1n) is 7.48. The van der Waals surface area contributed by atoms with Crippen molar-refractivity contribution in [3.8, 4) is 17.6 Å². The minimum absolute atomic E-state index is 0.205. The van der Waals surface area contributed by atoms with E-state index in [1.807, 2.05) is 12.1 Å². The number of nitrogens with one attached hydrogen (secondary N) is 1. The molecule has 0 radical (unpaired) electrons. The minimum atomic E-state index is -0.806. The Kier molecular flexibility index (Phi) is 6.15. The third kappa shape index (κ3) is 4.23. The molecule has 2 rings (SSSR count). The highest BCUT2D eigenvalue weighted by Crippen LogP contribution is 2.34. The van der Waals surface area contributed by atoms with Gasteiger partial charge in [0.1, 0.15) is 6.04 Å². The van der Waals surface area contributed by atoms with Crippen molar-refractivity contribution < 1.29 is 14.3 Å². The summed E-state index contributed by atoms with van der Waals surface area (Å²) in [6, 6.07) is 10.2. The van der Waals surface area contributed by atoms with Gasteiger partial charge in [0.25, 0.3) is 0 Å². The molecule has 0 fully saturated rings. The first kappa shape index (κ1) is 17.3. The van der Waals surface area contributed by atoms with Gasteiger partial charge < -0.3 is 14.8 Å². The summed E-state index contributed by atoms with van der Waals surface area (Å²) in [7, 11) is 3.03. The molecule has 1 aromatic heterocycles. The molecule has 1 N–H and O–H groups in total. The Morgan fingerprint density at radius 3 is 2.62 bits per heavy atom. The summed E-state index contributed by atoms with van der Waals surface area (Å²) < 4.78 is 10.6. The van der Waals surface area contributed by atoms with Gasteiger partial charge in [0, 0.05) is 24.4 Å². The maximum atomic E-state index is 12.2. The average molecular weight is 325 g/mol. The number of aromatic nitrogens is 1. The monoisotopic (exact) mass is 325 g/mol. The van der Waals surface area contributed by atoms with E-state index in [9.17, 15) is 10.1 Å². The fourth-order valence-corrected chi connectivity index (χ4v) is 2.36. The second-order valence-corrected chi connectivity index (χ2v) is 5.07. The summed E-state index contributed by atoms with van der Waals surface area (Å²) in [5, 5.41) is 12.2. The molecule has 0 saturated carbocycles. The number of hydrogen-bond acceptors (Lipinski definition) is 5. The van der Waals surface area contributed by atoms with Gasteiger partial charge in [-0.1, -0.05) is 12.1 Å². The molecule has 1 amide bonds. The van der Waals surface area contributed by atoms with E-state index in [2.05, 4.69) is 16.4 Å². The highest BCUT2D eigenvalue weighted by Gasteiger charge is 2.20. The second-order valence-electron chi connectivity index (χ2n) is 5.07. The number of para-hydroxylation sites is 1. The lowest BCUT2D eigenvalue weighted by Crippen LogP contribution is -2.28. The van der Waals surface area contributed by atoms with Crippen LogP contribution in [0.2, 0.25) is 0 Å². The van der Waals surface area contributed by atoms with E-state index in [4.69, 9.17) is 9.47 Å². The zero-order chi connectivity index (χ0) is 17.4. The standard InChI is InChI=1S/C18H19N3O3/c1-23-16-5-3-4-14(18(16)24-2)15(12-19)21-17(22)7-6-13-8-10-20-11-9-13/h3-5,8-11,15H,6-7H2,1-2H3,(H,21,22)/t15-/m1/s1. The third-order valence-electron chi connectivity index (χ3n) is 3.57. The van der Waals surface area contributed by atoms with Gasteiger partial charge in [0.05, 0.1) is 20.3 Å². The molecule has 1 atom stereocenters. The van der Waals surface area contributed by atoms with Crippen LogP contribution in [0.4, 0.5) is 0 Å². The predicted molar refractivity (Wildman–Crippen MR) is 88.6 cm³/mol. The number of carbonyl (C=O) groups is 1. The van der Waals surface area contributed by atoms with Crippen LogP contribution in [-0.2, 0) is 11.2 Å². The van der Waals surface area contributed by atoms with Crippen molar-refractivity contribution in [2.24, 2.45) is 0 Å². The Hall–Kier alpha value is -3.07. The molecule has 0 aliphatic rings. The first-order valence-corrected chi connectivity index (χ1v) is 7.48. The van der Waals surface area contributed by atoms with Crippen LogP contribution in [0.5, 0.6) is 11.5 Å². The lowest BCUT2D eigenvalue weighted by molar-refractivity contribution is -0.121. The van der Waals surface area contributed by atoms with Crippen molar-refractivity contribution in [1.82, 2.24) is 10.3 Å². The van der Waals surface area contributed by atoms with E-state index < -0.39 is 6.04 Å². The van der Waals surface area contributed by atoms with Crippen LogP contribution >= 0.6 is 0 Å². The molecular formula is C18H19N3O3. The molecule has 0 saturated heterocycles. The molecule has 2 aromatic rings. The molecule has 1 heterocycles. The molecule has 0 spiro atoms. The van der Waals surface area contributed by atoms with Crippen LogP contribution in [0.25, 0.3) is 0 Å². The molecule has 0 aliphatic carbocycles. The van der Waals surface area contributed by atoms with E-state index in [-0.39, 0.29) is 12.3 Å². The van der Waals surface area contributed by atoms with Gasteiger partial charge in [0.2, 0.25) is 5.91 Å². The third-order valence-corrected chi connectivity index (χ3v) is 3.57. The van der Waals surface area contributed by atoms with Crippen molar-refractivity contribution in [2.45, 2.75) is 18.9 Å². The quantitative estimate of drug-likeness (QED) is 0.845. The van der Waals surface area contributed by atoms with Crippen LogP contribution in [0.1, 0.15) is 23.6 Å². The Labute approximate surface area is 141 Å². The van der Waals surface area contributed by atoms with Crippen LogP contribution in [0.15, 0.2) is 42.7 Å². The van der Waals surface area contributed by atoms with Crippen molar-refractivity contribution in [3.05, 3.63) is 53.9 Å². The molecule has 124 valence electrons. The molecule has 6 nitrogen and oxygen atoms in total. The van der Waals surface area contributed by atoms with Crippen molar-refractivity contribution in [3.63, 3.8) is 0 Å². The summed E-state index contributed by atoms with van der Waals surface area (Å²) in [5.74, 6) is 0.755. The van der Waals surface area contributed by atoms with E-state index in [1.54, 1.807) is 30.6 Å². The van der Waals surface area contributed by atoms with E-state index in [0.29, 0.717) is 23.5 Å². The molecule has 0 bridgehead atoms. The van der Waals surface area contributed by atoms with Gasteiger partial charge in [-0.2, -0.15) is 5.26 Å². The topological polar surface area (TPSA) is 84.2 Å². The molecular weight excluding hydrogens is 306 g/mol. The number of amides is 1. The van der Waals surface area contributed by atoms with Gasteiger partial charge in [-0.3, -0.25) is 9.78 Å². The average Bonchev–Trinajstić information content (AvgIpc) is 2.64. The Bertz CT molecular complexity index is 726. The summed E-state index contributed by atoms with van der Waals surface area (Å²) in [6.07, 6.45) is 4.25. The maximum Gasteiger partial charge on any atom is 0.221 e. The summed E-state index contributed by atoms with van der Waals surface area (Å²) in [6.45, 7) is 0. The number of rotatable bonds is 7. The number of hydrogen-bond donors (Lipinski definition) is 1. The van der Waals surface area contributed by atoms with Crippen LogP contribution in [0, 0.1) is 11.3 Å². The Morgan fingerprint density at radius 1 is 1.25 bits per heavy atom. The number of nitriles is 1. The van der Waals surface area contributed by atoms with Crippen molar-refractivity contribution in [1.29, 1.82) is 5.26 Å². The van der Waals surface area contributed by atoms with Crippen LogP contribution in [0.3, 0.4) is 0 Å². The van der Waals surface area contributed by atoms with Gasteiger partial charge in [-0.25, -0.2) is 0 Å².